The molecule has 0 aromatic rings. The molecule has 0 aliphatic carbocycles. The minimum atomic E-state index is 0.577. The maximum Gasteiger partial charge on any atom is 0.229 e. The molecule has 4 heteroatoms. The number of hydrogen-bond donors (Lipinski definition) is 0. The lowest BCUT2D eigenvalue weighted by Gasteiger charge is -1.96. The second-order valence-corrected chi connectivity index (χ2v) is 3.31. The van der Waals surface area contributed by atoms with Crippen LogP contribution in [-0.2, 0) is 4.43 Å². The molecule has 0 saturated carbocycles. The van der Waals surface area contributed by atoms with E-state index in [1.54, 1.807) is 0 Å². The number of halogens is 2. The zero-order chi connectivity index (χ0) is 6.95. The van der Waals surface area contributed by atoms with Gasteiger partial charge in [-0.3, -0.25) is 0 Å². The van der Waals surface area contributed by atoms with Crippen molar-refractivity contribution in [3.05, 3.63) is 0 Å². The van der Waals surface area contributed by atoms with Crippen molar-refractivity contribution in [1.29, 1.82) is 0 Å². The summed E-state index contributed by atoms with van der Waals surface area (Å²) in [5.74, 6) is 1.32. The first-order valence-corrected chi connectivity index (χ1v) is 5.07. The monoisotopic (exact) mass is 184 g/mol. The molecular formula is C5H10Cl2OSi. The Morgan fingerprint density at radius 2 is 2.00 bits per heavy atom. The predicted octanol–water partition coefficient (Wildman–Crippen LogP) is 1.91. The summed E-state index contributed by atoms with van der Waals surface area (Å²) in [6, 6.07) is 1.07. The second-order valence-electron chi connectivity index (χ2n) is 1.47. The molecule has 0 rings (SSSR count). The molecule has 1 nitrogen and oxygen atoms in total. The van der Waals surface area contributed by atoms with Crippen molar-refractivity contribution in [2.24, 2.45) is 0 Å². The minimum absolute atomic E-state index is 0.577. The van der Waals surface area contributed by atoms with E-state index in [-0.39, 0.29) is 0 Å². The van der Waals surface area contributed by atoms with Crippen molar-refractivity contribution < 1.29 is 4.43 Å². The first-order valence-electron chi connectivity index (χ1n) is 2.88. The van der Waals surface area contributed by atoms with Crippen LogP contribution < -0.4 is 0 Å². The third-order valence-corrected chi connectivity index (χ3v) is 2.08. The lowest BCUT2D eigenvalue weighted by atomic mass is 10.6. The van der Waals surface area contributed by atoms with E-state index in [1.165, 1.54) is 0 Å². The Bertz CT molecular complexity index is 48.2. The summed E-state index contributed by atoms with van der Waals surface area (Å²) in [7, 11) is 0.577. The zero-order valence-electron chi connectivity index (χ0n) is 5.20. The van der Waals surface area contributed by atoms with Crippen molar-refractivity contribution in [2.75, 3.05) is 18.4 Å². The Kier molecular flexibility index (Phi) is 9.49. The highest BCUT2D eigenvalue weighted by Gasteiger charge is 1.89. The number of hydrogen-bond acceptors (Lipinski definition) is 1. The number of rotatable bonds is 6. The zero-order valence-corrected chi connectivity index (χ0v) is 7.71. The molecule has 0 bridgehead atoms. The molecule has 0 N–H and O–H groups in total. The highest BCUT2D eigenvalue weighted by atomic mass is 35.5. The van der Waals surface area contributed by atoms with Gasteiger partial charge in [-0.15, -0.1) is 23.2 Å². The van der Waals surface area contributed by atoms with Gasteiger partial charge in [0.1, 0.15) is 0 Å². The Morgan fingerprint density at radius 1 is 1.22 bits per heavy atom. The van der Waals surface area contributed by atoms with Gasteiger partial charge in [-0.05, 0) is 12.5 Å². The van der Waals surface area contributed by atoms with Crippen molar-refractivity contribution >= 4 is 33.0 Å². The molecule has 0 unspecified atom stereocenters. The van der Waals surface area contributed by atoms with Gasteiger partial charge in [0.15, 0.2) is 0 Å². The van der Waals surface area contributed by atoms with Crippen LogP contribution in [0.1, 0.15) is 6.42 Å². The molecule has 9 heavy (non-hydrogen) atoms. The quantitative estimate of drug-likeness (QED) is 0.349. The SMILES string of the molecule is ClCCC[Si]OCCCl. The maximum absolute atomic E-state index is 5.44. The molecule has 0 fully saturated rings. The topological polar surface area (TPSA) is 9.23 Å². The van der Waals surface area contributed by atoms with Gasteiger partial charge < -0.3 is 4.43 Å². The van der Waals surface area contributed by atoms with Crippen LogP contribution in [0.4, 0.5) is 0 Å². The van der Waals surface area contributed by atoms with E-state index < -0.39 is 0 Å². The summed E-state index contributed by atoms with van der Waals surface area (Å²) < 4.78 is 5.12. The van der Waals surface area contributed by atoms with E-state index in [0.717, 1.165) is 18.3 Å². The fraction of sp³-hybridized carbons (Fsp3) is 1.00. The highest BCUT2D eigenvalue weighted by Crippen LogP contribution is 1.91. The van der Waals surface area contributed by atoms with Crippen LogP contribution >= 0.6 is 23.2 Å². The summed E-state index contributed by atoms with van der Waals surface area (Å²) in [6.45, 7) is 0.669. The molecule has 0 aliphatic heterocycles. The molecule has 54 valence electrons. The highest BCUT2D eigenvalue weighted by molar-refractivity contribution is 6.27. The third-order valence-electron chi connectivity index (χ3n) is 0.694. The van der Waals surface area contributed by atoms with Crippen molar-refractivity contribution in [3.63, 3.8) is 0 Å². The van der Waals surface area contributed by atoms with E-state index in [4.69, 9.17) is 27.6 Å². The van der Waals surface area contributed by atoms with E-state index in [9.17, 15) is 0 Å². The van der Waals surface area contributed by atoms with Crippen LogP contribution in [0.3, 0.4) is 0 Å². The summed E-state index contributed by atoms with van der Waals surface area (Å²) in [4.78, 5) is 0. The molecule has 0 atom stereocenters. The predicted molar refractivity (Wildman–Crippen MR) is 42.6 cm³/mol. The van der Waals surface area contributed by atoms with Gasteiger partial charge in [-0.1, -0.05) is 0 Å². The number of alkyl halides is 2. The molecular weight excluding hydrogens is 175 g/mol. The standard InChI is InChI=1S/C5H10Cl2OSi/c6-2-1-5-9-8-4-3-7/h1-5H2. The summed E-state index contributed by atoms with van der Waals surface area (Å²) in [6.07, 6.45) is 1.04. The smallest absolute Gasteiger partial charge is 0.229 e. The summed E-state index contributed by atoms with van der Waals surface area (Å²) in [5, 5.41) is 0. The molecule has 0 spiro atoms. The minimum Gasteiger partial charge on any atom is -0.416 e. The summed E-state index contributed by atoms with van der Waals surface area (Å²) in [5.41, 5.74) is 0. The average molecular weight is 185 g/mol. The van der Waals surface area contributed by atoms with Crippen LogP contribution in [0.5, 0.6) is 0 Å². The molecule has 0 aromatic heterocycles. The molecule has 0 amide bonds. The van der Waals surface area contributed by atoms with Crippen molar-refractivity contribution in [1.82, 2.24) is 0 Å². The Hall–Kier alpha value is 0.757. The van der Waals surface area contributed by atoms with Crippen molar-refractivity contribution in [2.45, 2.75) is 12.5 Å². The summed E-state index contributed by atoms with van der Waals surface area (Å²) >= 11 is 10.8. The Balaban J connectivity index is 2.60. The van der Waals surface area contributed by atoms with Crippen LogP contribution in [0.15, 0.2) is 0 Å². The Labute approximate surface area is 68.6 Å². The van der Waals surface area contributed by atoms with Gasteiger partial charge in [0, 0.05) is 18.4 Å². The maximum atomic E-state index is 5.44. The van der Waals surface area contributed by atoms with Crippen LogP contribution in [0.2, 0.25) is 6.04 Å². The first kappa shape index (κ1) is 9.76. The normalized spacial score (nSPS) is 10.0. The van der Waals surface area contributed by atoms with Gasteiger partial charge in [0.05, 0.1) is 0 Å². The lowest BCUT2D eigenvalue weighted by molar-refractivity contribution is 0.362. The lowest BCUT2D eigenvalue weighted by Crippen LogP contribution is -2.00. The van der Waals surface area contributed by atoms with E-state index in [0.29, 0.717) is 22.3 Å². The van der Waals surface area contributed by atoms with Crippen LogP contribution in [-0.4, -0.2) is 28.1 Å². The fourth-order valence-electron chi connectivity index (χ4n) is 0.322. The van der Waals surface area contributed by atoms with E-state index in [2.05, 4.69) is 0 Å². The third kappa shape index (κ3) is 8.76. The largest absolute Gasteiger partial charge is 0.416 e. The van der Waals surface area contributed by atoms with Crippen LogP contribution in [0.25, 0.3) is 0 Å². The van der Waals surface area contributed by atoms with E-state index in [1.807, 2.05) is 0 Å². The van der Waals surface area contributed by atoms with Gasteiger partial charge in [0.25, 0.3) is 0 Å². The molecule has 2 radical (unpaired) electrons. The Morgan fingerprint density at radius 3 is 2.56 bits per heavy atom. The van der Waals surface area contributed by atoms with Gasteiger partial charge in [-0.25, -0.2) is 0 Å². The van der Waals surface area contributed by atoms with Gasteiger partial charge in [0.2, 0.25) is 9.76 Å². The van der Waals surface area contributed by atoms with Crippen LogP contribution in [0, 0.1) is 0 Å². The average Bonchev–Trinajstić information content (AvgIpc) is 1.89. The fourth-order valence-corrected chi connectivity index (χ4v) is 1.60. The molecule has 0 heterocycles. The van der Waals surface area contributed by atoms with Crippen molar-refractivity contribution in [3.8, 4) is 0 Å². The molecule has 0 aromatic carbocycles. The molecule has 0 saturated heterocycles. The molecule has 0 aliphatic rings. The van der Waals surface area contributed by atoms with E-state index >= 15 is 0 Å². The van der Waals surface area contributed by atoms with Gasteiger partial charge >= 0.3 is 0 Å². The second kappa shape index (κ2) is 8.76. The first-order chi connectivity index (χ1) is 4.41. The van der Waals surface area contributed by atoms with Gasteiger partial charge in [-0.2, -0.15) is 0 Å².